The predicted molar refractivity (Wildman–Crippen MR) is 87.5 cm³/mol. The number of benzene rings is 2. The SMILES string of the molecule is CCc1ccc(-c2ccccc2)cc1CCC(C)C=N. The molecule has 0 aromatic heterocycles. The van der Waals surface area contributed by atoms with Crippen molar-refractivity contribution in [3.05, 3.63) is 59.7 Å². The van der Waals surface area contributed by atoms with Gasteiger partial charge in [-0.1, -0.05) is 62.4 Å². The van der Waals surface area contributed by atoms with Crippen molar-refractivity contribution >= 4 is 6.21 Å². The lowest BCUT2D eigenvalue weighted by Crippen LogP contribution is -2.00. The fraction of sp³-hybridized carbons (Fsp3) is 0.316. The minimum Gasteiger partial charge on any atom is -0.313 e. The van der Waals surface area contributed by atoms with Gasteiger partial charge < -0.3 is 5.41 Å². The van der Waals surface area contributed by atoms with Crippen LogP contribution in [-0.4, -0.2) is 6.21 Å². The maximum absolute atomic E-state index is 7.32. The summed E-state index contributed by atoms with van der Waals surface area (Å²) in [4.78, 5) is 0. The number of nitrogens with one attached hydrogen (secondary N) is 1. The van der Waals surface area contributed by atoms with E-state index in [1.807, 2.05) is 0 Å². The van der Waals surface area contributed by atoms with Crippen LogP contribution in [0.3, 0.4) is 0 Å². The second-order valence-electron chi connectivity index (χ2n) is 5.39. The summed E-state index contributed by atoms with van der Waals surface area (Å²) in [6.45, 7) is 4.32. The van der Waals surface area contributed by atoms with E-state index in [-0.39, 0.29) is 0 Å². The van der Waals surface area contributed by atoms with Gasteiger partial charge in [0.05, 0.1) is 0 Å². The number of aryl methyl sites for hydroxylation is 2. The minimum atomic E-state index is 0.361. The van der Waals surface area contributed by atoms with Crippen molar-refractivity contribution in [2.45, 2.75) is 33.1 Å². The zero-order valence-corrected chi connectivity index (χ0v) is 12.4. The van der Waals surface area contributed by atoms with E-state index in [9.17, 15) is 0 Å². The lowest BCUT2D eigenvalue weighted by Gasteiger charge is -2.12. The Labute approximate surface area is 122 Å². The molecule has 1 unspecified atom stereocenters. The van der Waals surface area contributed by atoms with E-state index in [1.165, 1.54) is 22.3 Å². The molecule has 0 spiro atoms. The number of rotatable bonds is 6. The first-order valence-corrected chi connectivity index (χ1v) is 7.42. The summed E-state index contributed by atoms with van der Waals surface area (Å²) in [5, 5.41) is 7.32. The Balaban J connectivity index is 2.27. The van der Waals surface area contributed by atoms with Crippen molar-refractivity contribution in [2.75, 3.05) is 0 Å². The van der Waals surface area contributed by atoms with E-state index in [0.717, 1.165) is 19.3 Å². The first kappa shape index (κ1) is 14.5. The van der Waals surface area contributed by atoms with E-state index >= 15 is 0 Å². The summed E-state index contributed by atoms with van der Waals surface area (Å²) < 4.78 is 0. The third-order valence-electron chi connectivity index (χ3n) is 3.85. The molecule has 2 aromatic rings. The molecule has 0 amide bonds. The van der Waals surface area contributed by atoms with E-state index in [0.29, 0.717) is 5.92 Å². The molecular formula is C19H23N. The van der Waals surface area contributed by atoms with Crippen LogP contribution in [0.15, 0.2) is 48.5 Å². The Morgan fingerprint density at radius 1 is 1.00 bits per heavy atom. The highest BCUT2D eigenvalue weighted by Crippen LogP contribution is 2.24. The molecule has 0 saturated carbocycles. The van der Waals surface area contributed by atoms with Crippen molar-refractivity contribution in [1.82, 2.24) is 0 Å². The minimum absolute atomic E-state index is 0.361. The van der Waals surface area contributed by atoms with Crippen LogP contribution in [0, 0.1) is 11.3 Å². The normalized spacial score (nSPS) is 12.1. The molecule has 0 aliphatic heterocycles. The maximum Gasteiger partial charge on any atom is -0.00194 e. The van der Waals surface area contributed by atoms with Gasteiger partial charge in [-0.3, -0.25) is 0 Å². The van der Waals surface area contributed by atoms with Crippen LogP contribution in [-0.2, 0) is 12.8 Å². The molecule has 0 fully saturated rings. The molecule has 0 radical (unpaired) electrons. The molecule has 2 aromatic carbocycles. The molecule has 0 heterocycles. The van der Waals surface area contributed by atoms with Gasteiger partial charge in [-0.2, -0.15) is 0 Å². The lowest BCUT2D eigenvalue weighted by atomic mass is 9.93. The van der Waals surface area contributed by atoms with E-state index in [4.69, 9.17) is 5.41 Å². The number of hydrogen-bond acceptors (Lipinski definition) is 1. The molecule has 1 atom stereocenters. The third-order valence-corrected chi connectivity index (χ3v) is 3.85. The summed E-state index contributed by atoms with van der Waals surface area (Å²) in [6.07, 6.45) is 4.73. The second kappa shape index (κ2) is 7.04. The zero-order valence-electron chi connectivity index (χ0n) is 12.4. The van der Waals surface area contributed by atoms with Crippen molar-refractivity contribution in [3.63, 3.8) is 0 Å². The van der Waals surface area contributed by atoms with Crippen LogP contribution in [0.4, 0.5) is 0 Å². The largest absolute Gasteiger partial charge is 0.313 e. The molecule has 2 rings (SSSR count). The van der Waals surface area contributed by atoms with Crippen LogP contribution in [0.5, 0.6) is 0 Å². The van der Waals surface area contributed by atoms with Crippen molar-refractivity contribution in [3.8, 4) is 11.1 Å². The predicted octanol–water partition coefficient (Wildman–Crippen LogP) is 5.13. The van der Waals surface area contributed by atoms with Gasteiger partial charge in [0.15, 0.2) is 0 Å². The fourth-order valence-corrected chi connectivity index (χ4v) is 2.48. The summed E-state index contributed by atoms with van der Waals surface area (Å²) >= 11 is 0. The fourth-order valence-electron chi connectivity index (χ4n) is 2.48. The zero-order chi connectivity index (χ0) is 14.4. The molecule has 20 heavy (non-hydrogen) atoms. The molecule has 104 valence electrons. The van der Waals surface area contributed by atoms with Crippen molar-refractivity contribution in [2.24, 2.45) is 5.92 Å². The highest BCUT2D eigenvalue weighted by molar-refractivity contribution is 5.65. The quantitative estimate of drug-likeness (QED) is 0.700. The van der Waals surface area contributed by atoms with Crippen LogP contribution < -0.4 is 0 Å². The maximum atomic E-state index is 7.32. The smallest absolute Gasteiger partial charge is 0.00194 e. The Bertz CT molecular complexity index is 557. The molecule has 0 aliphatic rings. The average molecular weight is 265 g/mol. The molecule has 1 N–H and O–H groups in total. The van der Waals surface area contributed by atoms with Crippen LogP contribution >= 0.6 is 0 Å². The molecular weight excluding hydrogens is 242 g/mol. The van der Waals surface area contributed by atoms with Crippen LogP contribution in [0.25, 0.3) is 11.1 Å². The van der Waals surface area contributed by atoms with Gasteiger partial charge in [-0.15, -0.1) is 0 Å². The van der Waals surface area contributed by atoms with Gasteiger partial charge in [-0.05, 0) is 53.6 Å². The summed E-state index contributed by atoms with van der Waals surface area (Å²) in [7, 11) is 0. The molecule has 1 heteroatoms. The number of hydrogen-bond donors (Lipinski definition) is 1. The highest BCUT2D eigenvalue weighted by atomic mass is 14.3. The summed E-state index contributed by atoms with van der Waals surface area (Å²) in [5.41, 5.74) is 5.43. The Hall–Kier alpha value is -1.89. The topological polar surface area (TPSA) is 23.9 Å². The lowest BCUT2D eigenvalue weighted by molar-refractivity contribution is 0.688. The van der Waals surface area contributed by atoms with Crippen LogP contribution in [0.1, 0.15) is 31.4 Å². The standard InChI is InChI=1S/C19H23N/c1-3-16-11-12-19(17-7-5-4-6-8-17)13-18(16)10-9-15(2)14-20/h4-8,11-15,20H,3,9-10H2,1-2H3. The summed E-state index contributed by atoms with van der Waals surface area (Å²) in [5.74, 6) is 0.361. The third kappa shape index (κ3) is 3.57. The molecule has 0 saturated heterocycles. The summed E-state index contributed by atoms with van der Waals surface area (Å²) in [6, 6.07) is 17.3. The molecule has 0 aliphatic carbocycles. The Morgan fingerprint density at radius 2 is 1.75 bits per heavy atom. The van der Waals surface area contributed by atoms with Gasteiger partial charge in [0, 0.05) is 0 Å². The van der Waals surface area contributed by atoms with Crippen molar-refractivity contribution < 1.29 is 0 Å². The first-order valence-electron chi connectivity index (χ1n) is 7.42. The van der Waals surface area contributed by atoms with Gasteiger partial charge in [0.25, 0.3) is 0 Å². The first-order chi connectivity index (χ1) is 9.74. The van der Waals surface area contributed by atoms with E-state index in [2.05, 4.69) is 62.4 Å². The van der Waals surface area contributed by atoms with Crippen molar-refractivity contribution in [1.29, 1.82) is 5.41 Å². The van der Waals surface area contributed by atoms with Gasteiger partial charge >= 0.3 is 0 Å². The van der Waals surface area contributed by atoms with Gasteiger partial charge in [-0.25, -0.2) is 0 Å². The van der Waals surface area contributed by atoms with Gasteiger partial charge in [0.2, 0.25) is 0 Å². The Morgan fingerprint density at radius 3 is 2.40 bits per heavy atom. The molecule has 1 nitrogen and oxygen atoms in total. The van der Waals surface area contributed by atoms with E-state index < -0.39 is 0 Å². The van der Waals surface area contributed by atoms with Crippen LogP contribution in [0.2, 0.25) is 0 Å². The highest BCUT2D eigenvalue weighted by Gasteiger charge is 2.06. The molecule has 0 bridgehead atoms. The average Bonchev–Trinajstić information content (AvgIpc) is 2.53. The van der Waals surface area contributed by atoms with Gasteiger partial charge in [0.1, 0.15) is 0 Å². The Kier molecular flexibility index (Phi) is 5.11. The second-order valence-corrected chi connectivity index (χ2v) is 5.39. The van der Waals surface area contributed by atoms with E-state index in [1.54, 1.807) is 6.21 Å². The monoisotopic (exact) mass is 265 g/mol.